The van der Waals surface area contributed by atoms with Gasteiger partial charge in [-0.3, -0.25) is 14.4 Å². The summed E-state index contributed by atoms with van der Waals surface area (Å²) in [4.78, 5) is 39.8. The third-order valence-corrected chi connectivity index (χ3v) is 6.19. The number of pyridine rings is 1. The molecule has 10 heteroatoms. The predicted molar refractivity (Wildman–Crippen MR) is 102 cm³/mol. The SMILES string of the molecule is O=C(NCc1c(F)cccc1F)c1cn2c(c(O)c1=O)C(=O)N1[C@H]3CC[C@H](C3)O[C@@H]1C2. The highest BCUT2D eigenvalue weighted by Gasteiger charge is 2.47. The van der Waals surface area contributed by atoms with Crippen molar-refractivity contribution in [1.29, 1.82) is 0 Å². The molecule has 8 nitrogen and oxygen atoms in total. The van der Waals surface area contributed by atoms with E-state index in [2.05, 4.69) is 5.32 Å². The first-order valence-corrected chi connectivity index (χ1v) is 10.0. The number of halogens is 2. The highest BCUT2D eigenvalue weighted by Crippen LogP contribution is 2.38. The zero-order valence-corrected chi connectivity index (χ0v) is 16.3. The summed E-state index contributed by atoms with van der Waals surface area (Å²) in [7, 11) is 0. The molecule has 0 spiro atoms. The average Bonchev–Trinajstić information content (AvgIpc) is 3.10. The minimum absolute atomic E-state index is 0.00172. The summed E-state index contributed by atoms with van der Waals surface area (Å²) in [5.41, 5.74) is -1.99. The van der Waals surface area contributed by atoms with Crippen LogP contribution in [0.15, 0.2) is 29.2 Å². The van der Waals surface area contributed by atoms with E-state index in [0.29, 0.717) is 0 Å². The van der Waals surface area contributed by atoms with Crippen molar-refractivity contribution in [2.75, 3.05) is 0 Å². The quantitative estimate of drug-likeness (QED) is 0.767. The molecule has 1 aromatic carbocycles. The summed E-state index contributed by atoms with van der Waals surface area (Å²) in [5, 5.41) is 12.7. The lowest BCUT2D eigenvalue weighted by atomic mass is 10.1. The second-order valence-electron chi connectivity index (χ2n) is 8.00. The second kappa shape index (κ2) is 7.16. The first-order valence-electron chi connectivity index (χ1n) is 10.0. The zero-order chi connectivity index (χ0) is 21.9. The molecule has 3 heterocycles. The fourth-order valence-electron chi connectivity index (χ4n) is 4.68. The maximum absolute atomic E-state index is 13.8. The van der Waals surface area contributed by atoms with E-state index in [1.54, 1.807) is 4.90 Å². The number of hydrogen-bond acceptors (Lipinski definition) is 5. The Balaban J connectivity index is 1.45. The Labute approximate surface area is 175 Å². The molecule has 1 aromatic heterocycles. The van der Waals surface area contributed by atoms with Gasteiger partial charge in [0.25, 0.3) is 11.8 Å². The number of hydrogen-bond donors (Lipinski definition) is 2. The number of carbonyl (C=O) groups is 2. The molecule has 2 N–H and O–H groups in total. The molecular weight excluding hydrogens is 412 g/mol. The molecule has 31 heavy (non-hydrogen) atoms. The summed E-state index contributed by atoms with van der Waals surface area (Å²) in [6, 6.07) is 3.31. The lowest BCUT2D eigenvalue weighted by Crippen LogP contribution is -2.57. The van der Waals surface area contributed by atoms with Gasteiger partial charge in [0.1, 0.15) is 17.2 Å². The molecule has 3 aliphatic rings. The molecule has 2 aromatic rings. The Morgan fingerprint density at radius 1 is 1.23 bits per heavy atom. The van der Waals surface area contributed by atoms with E-state index >= 15 is 0 Å². The van der Waals surface area contributed by atoms with Gasteiger partial charge in [-0.1, -0.05) is 6.07 Å². The van der Waals surface area contributed by atoms with E-state index < -0.39 is 53.0 Å². The van der Waals surface area contributed by atoms with Crippen molar-refractivity contribution in [3.05, 3.63) is 63.1 Å². The van der Waals surface area contributed by atoms with E-state index in [-0.39, 0.29) is 29.9 Å². The van der Waals surface area contributed by atoms with Gasteiger partial charge in [0.2, 0.25) is 5.43 Å². The lowest BCUT2D eigenvalue weighted by molar-refractivity contribution is -0.132. The molecule has 2 amide bonds. The number of aromatic nitrogens is 1. The highest BCUT2D eigenvalue weighted by molar-refractivity contribution is 5.99. The van der Waals surface area contributed by atoms with Gasteiger partial charge in [0.15, 0.2) is 17.7 Å². The summed E-state index contributed by atoms with van der Waals surface area (Å²) in [6.45, 7) is -0.328. The Morgan fingerprint density at radius 2 is 1.97 bits per heavy atom. The number of amides is 2. The van der Waals surface area contributed by atoms with E-state index in [4.69, 9.17) is 4.74 Å². The fourth-order valence-corrected chi connectivity index (χ4v) is 4.68. The van der Waals surface area contributed by atoms with Crippen LogP contribution in [0, 0.1) is 11.6 Å². The van der Waals surface area contributed by atoms with Gasteiger partial charge in [-0.2, -0.15) is 0 Å². The Hall–Kier alpha value is -3.27. The van der Waals surface area contributed by atoms with Crippen LogP contribution in [0.1, 0.15) is 45.7 Å². The van der Waals surface area contributed by atoms with Crippen molar-refractivity contribution in [2.24, 2.45) is 0 Å². The van der Waals surface area contributed by atoms with Gasteiger partial charge >= 0.3 is 0 Å². The monoisotopic (exact) mass is 431 g/mol. The Morgan fingerprint density at radius 3 is 2.71 bits per heavy atom. The molecule has 1 saturated heterocycles. The van der Waals surface area contributed by atoms with Gasteiger partial charge in [-0.05, 0) is 31.4 Å². The van der Waals surface area contributed by atoms with Gasteiger partial charge in [0, 0.05) is 24.3 Å². The number of fused-ring (bicyclic) bond motifs is 5. The van der Waals surface area contributed by atoms with E-state index in [9.17, 15) is 28.3 Å². The molecule has 2 fully saturated rings. The van der Waals surface area contributed by atoms with Crippen LogP contribution < -0.4 is 10.7 Å². The molecule has 2 aliphatic heterocycles. The number of nitrogens with zero attached hydrogens (tertiary/aromatic N) is 2. The summed E-state index contributed by atoms with van der Waals surface area (Å²) in [6.07, 6.45) is 3.05. The third-order valence-electron chi connectivity index (χ3n) is 6.19. The first-order chi connectivity index (χ1) is 14.8. The summed E-state index contributed by atoms with van der Waals surface area (Å²) in [5.74, 6) is -3.93. The molecular formula is C21H19F2N3O5. The molecule has 0 radical (unpaired) electrons. The van der Waals surface area contributed by atoms with Crippen molar-refractivity contribution < 1.29 is 28.2 Å². The third kappa shape index (κ3) is 3.09. The summed E-state index contributed by atoms with van der Waals surface area (Å²) < 4.78 is 34.9. The van der Waals surface area contributed by atoms with Gasteiger partial charge in [-0.15, -0.1) is 0 Å². The number of carbonyl (C=O) groups excluding carboxylic acids is 2. The van der Waals surface area contributed by atoms with Gasteiger partial charge in [-0.25, -0.2) is 8.78 Å². The van der Waals surface area contributed by atoms with Crippen LogP contribution in [0.25, 0.3) is 0 Å². The smallest absolute Gasteiger partial charge is 0.276 e. The molecule has 3 atom stereocenters. The lowest BCUT2D eigenvalue weighted by Gasteiger charge is -2.44. The van der Waals surface area contributed by atoms with Crippen molar-refractivity contribution in [1.82, 2.24) is 14.8 Å². The number of aromatic hydroxyl groups is 1. The van der Waals surface area contributed by atoms with Crippen LogP contribution in [-0.2, 0) is 17.8 Å². The Bertz CT molecular complexity index is 1140. The van der Waals surface area contributed by atoms with Crippen LogP contribution in [0.2, 0.25) is 0 Å². The normalized spacial score (nSPS) is 24.0. The van der Waals surface area contributed by atoms with E-state index in [1.165, 1.54) is 16.8 Å². The van der Waals surface area contributed by atoms with E-state index in [0.717, 1.165) is 31.4 Å². The maximum Gasteiger partial charge on any atom is 0.276 e. The molecule has 2 bridgehead atoms. The van der Waals surface area contributed by atoms with Crippen LogP contribution in [0.4, 0.5) is 8.78 Å². The summed E-state index contributed by atoms with van der Waals surface area (Å²) >= 11 is 0. The molecule has 1 aliphatic carbocycles. The average molecular weight is 431 g/mol. The van der Waals surface area contributed by atoms with E-state index in [1.807, 2.05) is 0 Å². The maximum atomic E-state index is 13.8. The highest BCUT2D eigenvalue weighted by atomic mass is 19.1. The fraction of sp³-hybridized carbons (Fsp3) is 0.381. The molecule has 0 unspecified atom stereocenters. The van der Waals surface area contributed by atoms with Crippen LogP contribution in [-0.4, -0.2) is 44.8 Å². The minimum Gasteiger partial charge on any atom is -0.503 e. The predicted octanol–water partition coefficient (Wildman–Crippen LogP) is 1.50. The van der Waals surface area contributed by atoms with Crippen LogP contribution >= 0.6 is 0 Å². The number of benzene rings is 1. The Kier molecular flexibility index (Phi) is 4.54. The van der Waals surface area contributed by atoms with Crippen LogP contribution in [0.3, 0.4) is 0 Å². The van der Waals surface area contributed by atoms with Crippen molar-refractivity contribution in [3.63, 3.8) is 0 Å². The van der Waals surface area contributed by atoms with Crippen molar-refractivity contribution >= 4 is 11.8 Å². The zero-order valence-electron chi connectivity index (χ0n) is 16.3. The topological polar surface area (TPSA) is 101 Å². The van der Waals surface area contributed by atoms with Crippen molar-refractivity contribution in [3.8, 4) is 5.75 Å². The minimum atomic E-state index is -1.02. The number of ether oxygens (including phenoxy) is 1. The van der Waals surface area contributed by atoms with Crippen LogP contribution in [0.5, 0.6) is 5.75 Å². The van der Waals surface area contributed by atoms with Crippen molar-refractivity contribution in [2.45, 2.75) is 50.7 Å². The number of nitrogens with one attached hydrogen (secondary N) is 1. The molecule has 162 valence electrons. The largest absolute Gasteiger partial charge is 0.503 e. The second-order valence-corrected chi connectivity index (χ2v) is 8.00. The van der Waals surface area contributed by atoms with Gasteiger partial charge in [0.05, 0.1) is 12.6 Å². The number of rotatable bonds is 3. The first kappa shape index (κ1) is 19.7. The standard InChI is InChI=1S/C21H19F2N3O5/c22-14-2-1-3-15(23)12(14)7-24-20(29)13-8-25-9-16-26(10-4-5-11(6-10)31-16)21(30)17(25)19(28)18(13)27/h1-3,8,10-11,16,28H,4-7,9H2,(H,24,29)/t10-,11+,16+/m0/s1. The molecule has 5 rings (SSSR count). The van der Waals surface area contributed by atoms with Gasteiger partial charge < -0.3 is 24.6 Å². The molecule has 1 saturated carbocycles.